The summed E-state index contributed by atoms with van der Waals surface area (Å²) in [6.07, 6.45) is 1.45. The van der Waals surface area contributed by atoms with Crippen LogP contribution in [0.5, 0.6) is 0 Å². The molecular weight excluding hydrogens is 254 g/mol. The third-order valence-corrected chi connectivity index (χ3v) is 2.38. The van der Waals surface area contributed by atoms with Crippen molar-refractivity contribution in [3.63, 3.8) is 0 Å². The molecule has 1 aliphatic carbocycles. The van der Waals surface area contributed by atoms with Gasteiger partial charge in [-0.05, 0) is 26.7 Å². The van der Waals surface area contributed by atoms with Gasteiger partial charge in [0.1, 0.15) is 0 Å². The van der Waals surface area contributed by atoms with Crippen molar-refractivity contribution >= 4 is 17.8 Å². The third kappa shape index (κ3) is 4.27. The maximum absolute atomic E-state index is 11.6. The predicted molar refractivity (Wildman–Crippen MR) is 63.8 cm³/mol. The number of amides is 1. The zero-order valence-corrected chi connectivity index (χ0v) is 10.9. The Hall–Kier alpha value is -2.05. The fourth-order valence-corrected chi connectivity index (χ4v) is 1.28. The van der Waals surface area contributed by atoms with Gasteiger partial charge in [-0.2, -0.15) is 0 Å². The molecule has 0 unspecified atom stereocenters. The zero-order valence-electron chi connectivity index (χ0n) is 10.9. The fraction of sp³-hybridized carbons (Fsp3) is 0.583. The molecule has 0 aromatic rings. The van der Waals surface area contributed by atoms with Crippen molar-refractivity contribution < 1.29 is 29.0 Å². The van der Waals surface area contributed by atoms with Crippen LogP contribution in [0.15, 0.2) is 11.5 Å². The highest BCUT2D eigenvalue weighted by Crippen LogP contribution is 2.29. The molecule has 0 aromatic heterocycles. The molecule has 0 radical (unpaired) electrons. The molecule has 2 N–H and O–H groups in total. The van der Waals surface area contributed by atoms with E-state index < -0.39 is 29.3 Å². The largest absolute Gasteiger partial charge is 0.500 e. The van der Waals surface area contributed by atoms with Crippen LogP contribution in [0.3, 0.4) is 0 Å². The second-order valence-electron chi connectivity index (χ2n) is 3.93. The van der Waals surface area contributed by atoms with Crippen LogP contribution in [-0.4, -0.2) is 36.2 Å². The van der Waals surface area contributed by atoms with Gasteiger partial charge < -0.3 is 19.9 Å². The molecule has 1 amide bonds. The molecule has 0 aromatic carbocycles. The van der Waals surface area contributed by atoms with Gasteiger partial charge in [-0.3, -0.25) is 4.79 Å². The smallest absolute Gasteiger partial charge is 0.375 e. The number of aliphatic hydroxyl groups excluding tert-OH is 1. The van der Waals surface area contributed by atoms with Crippen LogP contribution < -0.4 is 5.32 Å². The van der Waals surface area contributed by atoms with Crippen LogP contribution in [-0.2, 0) is 23.9 Å². The summed E-state index contributed by atoms with van der Waals surface area (Å²) in [7, 11) is 0. The maximum Gasteiger partial charge on any atom is 0.375 e. The maximum atomic E-state index is 11.6. The summed E-state index contributed by atoms with van der Waals surface area (Å²) in [6.45, 7) is 3.21. The highest BCUT2D eigenvalue weighted by molar-refractivity contribution is 6.01. The Labute approximate surface area is 110 Å². The van der Waals surface area contributed by atoms with E-state index in [9.17, 15) is 19.5 Å². The van der Waals surface area contributed by atoms with E-state index in [1.54, 1.807) is 13.8 Å². The molecule has 1 fully saturated rings. The van der Waals surface area contributed by atoms with Gasteiger partial charge in [0.15, 0.2) is 5.70 Å². The Kier molecular flexibility index (Phi) is 5.35. The lowest BCUT2D eigenvalue weighted by Gasteiger charge is -2.10. The van der Waals surface area contributed by atoms with Crippen molar-refractivity contribution in [2.75, 3.05) is 13.2 Å². The Morgan fingerprint density at radius 1 is 1.11 bits per heavy atom. The summed E-state index contributed by atoms with van der Waals surface area (Å²) in [5, 5.41) is 11.9. The normalized spacial score (nSPS) is 15.3. The van der Waals surface area contributed by atoms with Gasteiger partial charge >= 0.3 is 11.9 Å². The lowest BCUT2D eigenvalue weighted by atomic mass is 10.3. The van der Waals surface area contributed by atoms with Crippen LogP contribution in [0.2, 0.25) is 0 Å². The van der Waals surface area contributed by atoms with Gasteiger partial charge in [0, 0.05) is 5.92 Å². The Morgan fingerprint density at radius 3 is 2.11 bits per heavy atom. The van der Waals surface area contributed by atoms with E-state index in [4.69, 9.17) is 0 Å². The Balaban J connectivity index is 2.88. The first kappa shape index (κ1) is 15.0. The predicted octanol–water partition coefficient (Wildman–Crippen LogP) is 0.408. The van der Waals surface area contributed by atoms with Gasteiger partial charge in [-0.15, -0.1) is 0 Å². The first-order chi connectivity index (χ1) is 9.01. The second-order valence-corrected chi connectivity index (χ2v) is 3.93. The molecule has 0 aliphatic heterocycles. The molecule has 0 bridgehead atoms. The highest BCUT2D eigenvalue weighted by Gasteiger charge is 2.33. The van der Waals surface area contributed by atoms with Crippen LogP contribution >= 0.6 is 0 Å². The minimum absolute atomic E-state index is 0.0373. The SMILES string of the molecule is CCOC(=O)/C(O)=C(/NC(=O)C1CC1)C(=O)OCC. The second kappa shape index (κ2) is 6.77. The number of nitrogens with one attached hydrogen (secondary N) is 1. The summed E-state index contributed by atoms with van der Waals surface area (Å²) in [6, 6.07) is 0. The molecule has 19 heavy (non-hydrogen) atoms. The molecule has 0 saturated heterocycles. The van der Waals surface area contributed by atoms with Gasteiger partial charge in [-0.25, -0.2) is 9.59 Å². The lowest BCUT2D eigenvalue weighted by molar-refractivity contribution is -0.145. The number of hydrogen-bond donors (Lipinski definition) is 2. The van der Waals surface area contributed by atoms with E-state index in [0.29, 0.717) is 0 Å². The van der Waals surface area contributed by atoms with Gasteiger partial charge in [0.05, 0.1) is 13.2 Å². The molecule has 1 saturated carbocycles. The lowest BCUT2D eigenvalue weighted by Crippen LogP contribution is -2.32. The van der Waals surface area contributed by atoms with Crippen molar-refractivity contribution in [2.24, 2.45) is 5.92 Å². The van der Waals surface area contributed by atoms with Gasteiger partial charge in [-0.1, -0.05) is 0 Å². The summed E-state index contributed by atoms with van der Waals surface area (Å²) < 4.78 is 9.24. The fourth-order valence-electron chi connectivity index (χ4n) is 1.28. The summed E-state index contributed by atoms with van der Waals surface area (Å²) in [5.74, 6) is -3.60. The summed E-state index contributed by atoms with van der Waals surface area (Å²) in [4.78, 5) is 34.6. The zero-order chi connectivity index (χ0) is 14.4. The van der Waals surface area contributed by atoms with E-state index in [2.05, 4.69) is 14.8 Å². The van der Waals surface area contributed by atoms with E-state index in [1.165, 1.54) is 0 Å². The Bertz CT molecular complexity index is 410. The van der Waals surface area contributed by atoms with Crippen molar-refractivity contribution in [1.82, 2.24) is 5.32 Å². The first-order valence-electron chi connectivity index (χ1n) is 6.09. The average Bonchev–Trinajstić information content (AvgIpc) is 3.19. The minimum atomic E-state index is -1.08. The van der Waals surface area contributed by atoms with Gasteiger partial charge in [0.25, 0.3) is 0 Å². The summed E-state index contributed by atoms with van der Waals surface area (Å²) in [5.41, 5.74) is -0.572. The van der Waals surface area contributed by atoms with Crippen LogP contribution in [0.25, 0.3) is 0 Å². The molecule has 1 rings (SSSR count). The molecular formula is C12H17NO6. The first-order valence-corrected chi connectivity index (χ1v) is 6.09. The van der Waals surface area contributed by atoms with Gasteiger partial charge in [0.2, 0.25) is 11.7 Å². The van der Waals surface area contributed by atoms with Crippen molar-refractivity contribution in [3.05, 3.63) is 11.5 Å². The molecule has 0 spiro atoms. The quantitative estimate of drug-likeness (QED) is 0.412. The minimum Gasteiger partial charge on any atom is -0.500 e. The van der Waals surface area contributed by atoms with Crippen LogP contribution in [0.4, 0.5) is 0 Å². The van der Waals surface area contributed by atoms with E-state index in [0.717, 1.165) is 12.8 Å². The van der Waals surface area contributed by atoms with E-state index in [1.807, 2.05) is 0 Å². The standard InChI is InChI=1S/C12H17NO6/c1-3-18-11(16)8(9(14)12(17)19-4-2)13-10(15)7-5-6-7/h7,14H,3-6H2,1-2H3,(H,13,15)/b9-8-. The molecule has 0 heterocycles. The van der Waals surface area contributed by atoms with E-state index in [-0.39, 0.29) is 19.1 Å². The number of carbonyl (C=O) groups is 3. The van der Waals surface area contributed by atoms with Crippen molar-refractivity contribution in [3.8, 4) is 0 Å². The molecule has 7 heteroatoms. The monoisotopic (exact) mass is 271 g/mol. The molecule has 106 valence electrons. The van der Waals surface area contributed by atoms with Crippen molar-refractivity contribution in [2.45, 2.75) is 26.7 Å². The topological polar surface area (TPSA) is 102 Å². The van der Waals surface area contributed by atoms with Crippen LogP contribution in [0.1, 0.15) is 26.7 Å². The number of hydrogen-bond acceptors (Lipinski definition) is 6. The highest BCUT2D eigenvalue weighted by atomic mass is 16.5. The molecule has 0 atom stereocenters. The molecule has 1 aliphatic rings. The Morgan fingerprint density at radius 2 is 1.63 bits per heavy atom. The number of rotatable bonds is 6. The molecule has 7 nitrogen and oxygen atoms in total. The van der Waals surface area contributed by atoms with Crippen LogP contribution in [0, 0.1) is 5.92 Å². The third-order valence-electron chi connectivity index (χ3n) is 2.38. The number of aliphatic hydroxyl groups is 1. The summed E-state index contributed by atoms with van der Waals surface area (Å²) >= 11 is 0. The number of carbonyl (C=O) groups excluding carboxylic acids is 3. The van der Waals surface area contributed by atoms with E-state index >= 15 is 0 Å². The number of ether oxygens (including phenoxy) is 2. The van der Waals surface area contributed by atoms with Crippen molar-refractivity contribution in [1.29, 1.82) is 0 Å². The number of esters is 2. The average molecular weight is 271 g/mol.